The maximum Gasteiger partial charge on any atom is 0.326 e. The molecule has 2 rings (SSSR count). The normalized spacial score (nSPS) is 16.1. The van der Waals surface area contributed by atoms with Crippen LogP contribution in [-0.4, -0.2) is 23.0 Å². The van der Waals surface area contributed by atoms with Gasteiger partial charge in [0.2, 0.25) is 0 Å². The summed E-state index contributed by atoms with van der Waals surface area (Å²) in [5.74, 6) is -3.89. The van der Waals surface area contributed by atoms with Gasteiger partial charge in [0, 0.05) is 6.07 Å². The minimum absolute atomic E-state index is 0.102. The molecule has 0 saturated heterocycles. The molecule has 1 amide bonds. The molecule has 1 fully saturated rings. The second-order valence-electron chi connectivity index (χ2n) is 4.25. The van der Waals surface area contributed by atoms with Crippen molar-refractivity contribution in [3.05, 3.63) is 35.4 Å². The van der Waals surface area contributed by atoms with Gasteiger partial charge in [0.05, 0.1) is 5.56 Å². The number of carboxylic acids is 1. The van der Waals surface area contributed by atoms with Gasteiger partial charge in [-0.1, -0.05) is 0 Å². The van der Waals surface area contributed by atoms with E-state index < -0.39 is 29.6 Å². The summed E-state index contributed by atoms with van der Waals surface area (Å²) in [5.41, 5.74) is -0.358. The molecular formula is C12H11F2NO3. The van der Waals surface area contributed by atoms with Gasteiger partial charge in [-0.3, -0.25) is 4.79 Å². The van der Waals surface area contributed by atoms with E-state index in [1.165, 1.54) is 0 Å². The predicted molar refractivity (Wildman–Crippen MR) is 58.0 cm³/mol. The van der Waals surface area contributed by atoms with E-state index in [0.29, 0.717) is 6.07 Å². The number of amides is 1. The molecule has 1 saturated carbocycles. The van der Waals surface area contributed by atoms with E-state index in [4.69, 9.17) is 5.11 Å². The van der Waals surface area contributed by atoms with E-state index >= 15 is 0 Å². The van der Waals surface area contributed by atoms with Crippen LogP contribution in [-0.2, 0) is 4.79 Å². The van der Waals surface area contributed by atoms with E-state index in [1.807, 2.05) is 0 Å². The van der Waals surface area contributed by atoms with Gasteiger partial charge in [-0.15, -0.1) is 0 Å². The smallest absolute Gasteiger partial charge is 0.326 e. The Morgan fingerprint density at radius 3 is 2.50 bits per heavy atom. The molecule has 1 atom stereocenters. The third-order valence-electron chi connectivity index (χ3n) is 2.82. The number of rotatable bonds is 4. The number of benzene rings is 1. The van der Waals surface area contributed by atoms with Crippen molar-refractivity contribution < 1.29 is 23.5 Å². The van der Waals surface area contributed by atoms with Gasteiger partial charge < -0.3 is 10.4 Å². The van der Waals surface area contributed by atoms with Crippen molar-refractivity contribution in [2.75, 3.05) is 0 Å². The van der Waals surface area contributed by atoms with E-state index in [-0.39, 0.29) is 11.5 Å². The second-order valence-corrected chi connectivity index (χ2v) is 4.25. The van der Waals surface area contributed by atoms with Crippen LogP contribution in [0.2, 0.25) is 0 Å². The molecule has 2 N–H and O–H groups in total. The maximum atomic E-state index is 13.3. The van der Waals surface area contributed by atoms with Gasteiger partial charge in [-0.2, -0.15) is 0 Å². The summed E-state index contributed by atoms with van der Waals surface area (Å²) >= 11 is 0. The van der Waals surface area contributed by atoms with E-state index in [0.717, 1.165) is 25.0 Å². The molecule has 0 bridgehead atoms. The first-order valence-corrected chi connectivity index (χ1v) is 5.48. The lowest BCUT2D eigenvalue weighted by molar-refractivity contribution is -0.139. The number of carbonyl (C=O) groups excluding carboxylic acids is 1. The van der Waals surface area contributed by atoms with Crippen molar-refractivity contribution in [2.24, 2.45) is 5.92 Å². The highest BCUT2D eigenvalue weighted by Crippen LogP contribution is 2.32. The maximum absolute atomic E-state index is 13.3. The molecule has 1 aliphatic rings. The Labute approximate surface area is 102 Å². The molecular weight excluding hydrogens is 244 g/mol. The molecule has 18 heavy (non-hydrogen) atoms. The van der Waals surface area contributed by atoms with Crippen LogP contribution in [0.3, 0.4) is 0 Å². The lowest BCUT2D eigenvalue weighted by atomic mass is 10.1. The van der Waals surface area contributed by atoms with Crippen molar-refractivity contribution in [3.63, 3.8) is 0 Å². The Morgan fingerprint density at radius 1 is 1.33 bits per heavy atom. The first kappa shape index (κ1) is 12.5. The van der Waals surface area contributed by atoms with Crippen LogP contribution in [0.4, 0.5) is 8.78 Å². The highest BCUT2D eigenvalue weighted by atomic mass is 19.1. The van der Waals surface area contributed by atoms with Crippen LogP contribution < -0.4 is 5.32 Å². The summed E-state index contributed by atoms with van der Waals surface area (Å²) in [7, 11) is 0. The van der Waals surface area contributed by atoms with E-state index in [9.17, 15) is 18.4 Å². The van der Waals surface area contributed by atoms with Gasteiger partial charge in [-0.25, -0.2) is 13.6 Å². The summed E-state index contributed by atoms with van der Waals surface area (Å²) in [6.07, 6.45) is 1.45. The van der Waals surface area contributed by atoms with Gasteiger partial charge in [0.1, 0.15) is 17.7 Å². The fourth-order valence-electron chi connectivity index (χ4n) is 1.70. The van der Waals surface area contributed by atoms with Crippen molar-refractivity contribution in [1.29, 1.82) is 0 Å². The molecule has 0 aliphatic heterocycles. The molecule has 0 spiro atoms. The van der Waals surface area contributed by atoms with Crippen molar-refractivity contribution in [1.82, 2.24) is 5.32 Å². The van der Waals surface area contributed by atoms with Crippen molar-refractivity contribution in [3.8, 4) is 0 Å². The zero-order valence-electron chi connectivity index (χ0n) is 9.32. The third kappa shape index (κ3) is 2.64. The molecule has 0 radical (unpaired) electrons. The number of nitrogens with one attached hydrogen (secondary N) is 1. The Kier molecular flexibility index (Phi) is 3.27. The summed E-state index contributed by atoms with van der Waals surface area (Å²) in [4.78, 5) is 22.6. The fraction of sp³-hybridized carbons (Fsp3) is 0.333. The summed E-state index contributed by atoms with van der Waals surface area (Å²) in [6, 6.07) is 1.51. The van der Waals surface area contributed by atoms with Crippen LogP contribution in [0.25, 0.3) is 0 Å². The average Bonchev–Trinajstić information content (AvgIpc) is 3.08. The topological polar surface area (TPSA) is 66.4 Å². The summed E-state index contributed by atoms with van der Waals surface area (Å²) in [5, 5.41) is 11.2. The fourth-order valence-corrected chi connectivity index (χ4v) is 1.70. The molecule has 1 aromatic rings. The molecule has 4 nitrogen and oxygen atoms in total. The number of aliphatic carboxylic acids is 1. The average molecular weight is 255 g/mol. The number of carbonyl (C=O) groups is 2. The van der Waals surface area contributed by atoms with Crippen molar-refractivity contribution >= 4 is 11.9 Å². The third-order valence-corrected chi connectivity index (χ3v) is 2.82. The molecule has 0 heterocycles. The van der Waals surface area contributed by atoms with Crippen LogP contribution >= 0.6 is 0 Å². The first-order valence-electron chi connectivity index (χ1n) is 5.48. The van der Waals surface area contributed by atoms with Crippen LogP contribution in [0.15, 0.2) is 18.2 Å². The van der Waals surface area contributed by atoms with Gasteiger partial charge >= 0.3 is 5.97 Å². The SMILES string of the molecule is O=C(NC(C(=O)O)C1CC1)c1ccc(F)cc1F. The number of halogens is 2. The Hall–Kier alpha value is -1.98. The van der Waals surface area contributed by atoms with Crippen LogP contribution in [0, 0.1) is 17.6 Å². The molecule has 1 aliphatic carbocycles. The molecule has 96 valence electrons. The number of hydrogen-bond acceptors (Lipinski definition) is 2. The molecule has 0 aromatic heterocycles. The Morgan fingerprint density at radius 2 is 2.00 bits per heavy atom. The standard InChI is InChI=1S/C12H11F2NO3/c13-7-3-4-8(9(14)5-7)11(16)15-10(12(17)18)6-1-2-6/h3-6,10H,1-2H2,(H,15,16)(H,17,18). The minimum atomic E-state index is -1.15. The van der Waals surface area contributed by atoms with Crippen molar-refractivity contribution in [2.45, 2.75) is 18.9 Å². The molecule has 6 heteroatoms. The van der Waals surface area contributed by atoms with E-state index in [1.54, 1.807) is 0 Å². The van der Waals surface area contributed by atoms with Gasteiger partial charge in [-0.05, 0) is 30.9 Å². The highest BCUT2D eigenvalue weighted by molar-refractivity contribution is 5.96. The second kappa shape index (κ2) is 4.72. The minimum Gasteiger partial charge on any atom is -0.480 e. The first-order chi connectivity index (χ1) is 8.49. The lowest BCUT2D eigenvalue weighted by Crippen LogP contribution is -2.42. The zero-order chi connectivity index (χ0) is 13.3. The van der Waals surface area contributed by atoms with Crippen LogP contribution in [0.1, 0.15) is 23.2 Å². The number of hydrogen-bond donors (Lipinski definition) is 2. The lowest BCUT2D eigenvalue weighted by Gasteiger charge is -2.13. The van der Waals surface area contributed by atoms with E-state index in [2.05, 4.69) is 5.32 Å². The largest absolute Gasteiger partial charge is 0.480 e. The quantitative estimate of drug-likeness (QED) is 0.858. The molecule has 1 unspecified atom stereocenters. The van der Waals surface area contributed by atoms with Crippen LogP contribution in [0.5, 0.6) is 0 Å². The van der Waals surface area contributed by atoms with Gasteiger partial charge in [0.25, 0.3) is 5.91 Å². The predicted octanol–water partition coefficient (Wildman–Crippen LogP) is 1.56. The monoisotopic (exact) mass is 255 g/mol. The number of carboxylic acid groups (broad SMARTS) is 1. The summed E-state index contributed by atoms with van der Waals surface area (Å²) < 4.78 is 26.0. The Balaban J connectivity index is 2.13. The molecule has 1 aromatic carbocycles. The zero-order valence-corrected chi connectivity index (χ0v) is 9.32. The van der Waals surface area contributed by atoms with Gasteiger partial charge in [0.15, 0.2) is 0 Å². The Bertz CT molecular complexity index is 500. The highest BCUT2D eigenvalue weighted by Gasteiger charge is 2.37. The summed E-state index contributed by atoms with van der Waals surface area (Å²) in [6.45, 7) is 0.